The Morgan fingerprint density at radius 3 is 2.81 bits per heavy atom. The Bertz CT molecular complexity index is 997. The standard InChI is InChI=1S/C18H20N6O2S/c1-3-14-19-9-10-24(14)11-15(25)20-13-8-6-5-7-12(13)16-17(26)21-18(23-22-16)27-4-2/h5-10H,3-4,11H2,1-2H3,(H,20,25)(H,21,23,26). The van der Waals surface area contributed by atoms with Crippen LogP contribution in [0, 0.1) is 0 Å². The Morgan fingerprint density at radius 2 is 2.07 bits per heavy atom. The van der Waals surface area contributed by atoms with Crippen LogP contribution in [-0.2, 0) is 17.8 Å². The normalized spacial score (nSPS) is 10.7. The van der Waals surface area contributed by atoms with E-state index in [4.69, 9.17) is 0 Å². The number of aryl methyl sites for hydroxylation is 1. The van der Waals surface area contributed by atoms with E-state index in [0.717, 1.165) is 18.0 Å². The van der Waals surface area contributed by atoms with Crippen LogP contribution in [0.4, 0.5) is 5.69 Å². The van der Waals surface area contributed by atoms with Crippen LogP contribution < -0.4 is 10.9 Å². The highest BCUT2D eigenvalue weighted by molar-refractivity contribution is 7.99. The van der Waals surface area contributed by atoms with Gasteiger partial charge < -0.3 is 9.88 Å². The van der Waals surface area contributed by atoms with E-state index in [1.807, 2.05) is 13.8 Å². The molecule has 9 heteroatoms. The minimum atomic E-state index is -0.342. The number of aromatic amines is 1. The fourth-order valence-corrected chi connectivity index (χ4v) is 3.18. The van der Waals surface area contributed by atoms with Crippen LogP contribution in [0.3, 0.4) is 0 Å². The van der Waals surface area contributed by atoms with Gasteiger partial charge in [-0.1, -0.05) is 43.8 Å². The molecule has 0 unspecified atom stereocenters. The maximum atomic E-state index is 12.5. The molecule has 3 aromatic rings. The Labute approximate surface area is 160 Å². The van der Waals surface area contributed by atoms with Gasteiger partial charge in [0.2, 0.25) is 5.91 Å². The Morgan fingerprint density at radius 1 is 1.26 bits per heavy atom. The smallest absolute Gasteiger partial charge is 0.278 e. The first-order chi connectivity index (χ1) is 13.1. The molecule has 0 radical (unpaired) electrons. The zero-order chi connectivity index (χ0) is 19.2. The first kappa shape index (κ1) is 18.8. The van der Waals surface area contributed by atoms with Crippen molar-refractivity contribution in [2.24, 2.45) is 0 Å². The van der Waals surface area contributed by atoms with E-state index in [-0.39, 0.29) is 23.7 Å². The van der Waals surface area contributed by atoms with Gasteiger partial charge in [0, 0.05) is 24.4 Å². The number of para-hydroxylation sites is 1. The molecule has 0 spiro atoms. The fourth-order valence-electron chi connectivity index (χ4n) is 2.64. The van der Waals surface area contributed by atoms with Gasteiger partial charge in [0.05, 0.1) is 5.69 Å². The van der Waals surface area contributed by atoms with Crippen LogP contribution >= 0.6 is 11.8 Å². The van der Waals surface area contributed by atoms with Crippen LogP contribution in [-0.4, -0.2) is 36.4 Å². The van der Waals surface area contributed by atoms with Crippen LogP contribution in [0.15, 0.2) is 46.6 Å². The number of nitrogens with one attached hydrogen (secondary N) is 2. The Kier molecular flexibility index (Phi) is 6.02. The van der Waals surface area contributed by atoms with Gasteiger partial charge in [-0.2, -0.15) is 0 Å². The molecule has 0 saturated heterocycles. The average Bonchev–Trinajstić information content (AvgIpc) is 3.10. The molecule has 3 rings (SSSR count). The van der Waals surface area contributed by atoms with Crippen LogP contribution in [0.1, 0.15) is 19.7 Å². The summed E-state index contributed by atoms with van der Waals surface area (Å²) in [4.78, 5) is 31.8. The number of carbonyl (C=O) groups is 1. The number of benzene rings is 1. The van der Waals surface area contributed by atoms with E-state index in [2.05, 4.69) is 25.5 Å². The number of hydrogen-bond donors (Lipinski definition) is 2. The van der Waals surface area contributed by atoms with Crippen molar-refractivity contribution in [3.63, 3.8) is 0 Å². The molecule has 140 valence electrons. The third-order valence-corrected chi connectivity index (χ3v) is 4.59. The molecule has 0 saturated carbocycles. The summed E-state index contributed by atoms with van der Waals surface area (Å²) < 4.78 is 1.79. The minimum Gasteiger partial charge on any atom is -0.326 e. The second kappa shape index (κ2) is 8.63. The molecule has 0 aliphatic heterocycles. The fraction of sp³-hybridized carbons (Fsp3) is 0.278. The van der Waals surface area contributed by atoms with Gasteiger partial charge in [-0.15, -0.1) is 10.2 Å². The number of imidazole rings is 1. The Hall–Kier alpha value is -2.94. The highest BCUT2D eigenvalue weighted by Crippen LogP contribution is 2.24. The maximum absolute atomic E-state index is 12.5. The van der Waals surface area contributed by atoms with Crippen molar-refractivity contribution in [2.45, 2.75) is 32.0 Å². The predicted molar refractivity (Wildman–Crippen MR) is 105 cm³/mol. The quantitative estimate of drug-likeness (QED) is 0.606. The molecule has 1 aromatic carbocycles. The van der Waals surface area contributed by atoms with Gasteiger partial charge in [0.25, 0.3) is 5.56 Å². The number of aromatic nitrogens is 5. The van der Waals surface area contributed by atoms with Crippen molar-refractivity contribution < 1.29 is 4.79 Å². The van der Waals surface area contributed by atoms with E-state index >= 15 is 0 Å². The lowest BCUT2D eigenvalue weighted by molar-refractivity contribution is -0.116. The van der Waals surface area contributed by atoms with Gasteiger partial charge in [-0.25, -0.2) is 4.98 Å². The van der Waals surface area contributed by atoms with Crippen molar-refractivity contribution in [1.29, 1.82) is 0 Å². The van der Waals surface area contributed by atoms with Crippen molar-refractivity contribution in [2.75, 3.05) is 11.1 Å². The van der Waals surface area contributed by atoms with Gasteiger partial charge in [0.1, 0.15) is 12.4 Å². The Balaban J connectivity index is 1.84. The third kappa shape index (κ3) is 4.43. The molecule has 2 heterocycles. The van der Waals surface area contributed by atoms with E-state index in [1.165, 1.54) is 11.8 Å². The monoisotopic (exact) mass is 384 g/mol. The molecule has 0 fully saturated rings. The first-order valence-electron chi connectivity index (χ1n) is 8.61. The maximum Gasteiger partial charge on any atom is 0.278 e. The van der Waals surface area contributed by atoms with Gasteiger partial charge >= 0.3 is 0 Å². The van der Waals surface area contributed by atoms with Crippen molar-refractivity contribution >= 4 is 23.4 Å². The number of carbonyl (C=O) groups excluding carboxylic acids is 1. The zero-order valence-electron chi connectivity index (χ0n) is 15.1. The molecular formula is C18H20N6O2S. The topological polar surface area (TPSA) is 106 Å². The lowest BCUT2D eigenvalue weighted by Crippen LogP contribution is -2.21. The summed E-state index contributed by atoms with van der Waals surface area (Å²) >= 11 is 1.41. The zero-order valence-corrected chi connectivity index (χ0v) is 15.9. The summed E-state index contributed by atoms with van der Waals surface area (Å²) in [6, 6.07) is 7.04. The molecule has 0 aliphatic carbocycles. The molecule has 8 nitrogen and oxygen atoms in total. The summed E-state index contributed by atoms with van der Waals surface area (Å²) in [5.41, 5.74) is 0.860. The average molecular weight is 384 g/mol. The second-order valence-corrected chi connectivity index (χ2v) is 6.91. The van der Waals surface area contributed by atoms with Gasteiger partial charge in [-0.3, -0.25) is 14.6 Å². The molecule has 0 bridgehead atoms. The van der Waals surface area contributed by atoms with Crippen LogP contribution in [0.5, 0.6) is 0 Å². The van der Waals surface area contributed by atoms with E-state index in [9.17, 15) is 9.59 Å². The number of amides is 1. The van der Waals surface area contributed by atoms with E-state index < -0.39 is 0 Å². The van der Waals surface area contributed by atoms with E-state index in [1.54, 1.807) is 41.2 Å². The molecule has 1 amide bonds. The largest absolute Gasteiger partial charge is 0.326 e. The number of H-pyrrole nitrogens is 1. The number of nitrogens with zero attached hydrogens (tertiary/aromatic N) is 4. The molecule has 0 aliphatic rings. The first-order valence-corrected chi connectivity index (χ1v) is 9.60. The van der Waals surface area contributed by atoms with Crippen molar-refractivity contribution in [1.82, 2.24) is 24.7 Å². The van der Waals surface area contributed by atoms with Crippen molar-refractivity contribution in [3.05, 3.63) is 52.8 Å². The number of thioether (sulfide) groups is 1. The molecule has 0 atom stereocenters. The number of rotatable bonds is 7. The molecule has 2 N–H and O–H groups in total. The summed E-state index contributed by atoms with van der Waals surface area (Å²) in [5, 5.41) is 11.4. The number of hydrogen-bond acceptors (Lipinski definition) is 6. The van der Waals surface area contributed by atoms with Gasteiger partial charge in [-0.05, 0) is 11.8 Å². The third-order valence-electron chi connectivity index (χ3n) is 3.85. The second-order valence-electron chi connectivity index (χ2n) is 5.66. The van der Waals surface area contributed by atoms with Gasteiger partial charge in [0.15, 0.2) is 10.9 Å². The SMILES string of the molecule is CCSc1nnc(-c2ccccc2NC(=O)Cn2ccnc2CC)c(=O)[nH]1. The van der Waals surface area contributed by atoms with Crippen molar-refractivity contribution in [3.8, 4) is 11.3 Å². The van der Waals surface area contributed by atoms with Crippen LogP contribution in [0.2, 0.25) is 0 Å². The summed E-state index contributed by atoms with van der Waals surface area (Å²) in [6.07, 6.45) is 4.18. The minimum absolute atomic E-state index is 0.144. The predicted octanol–water partition coefficient (Wildman–Crippen LogP) is 2.34. The highest BCUT2D eigenvalue weighted by Gasteiger charge is 2.14. The lowest BCUT2D eigenvalue weighted by atomic mass is 10.1. The molecular weight excluding hydrogens is 364 g/mol. The summed E-state index contributed by atoms with van der Waals surface area (Å²) in [7, 11) is 0. The lowest BCUT2D eigenvalue weighted by Gasteiger charge is -2.11. The van der Waals surface area contributed by atoms with Crippen LogP contribution in [0.25, 0.3) is 11.3 Å². The summed E-state index contributed by atoms with van der Waals surface area (Å²) in [6.45, 7) is 4.09. The molecule has 27 heavy (non-hydrogen) atoms. The molecule has 2 aromatic heterocycles. The van der Waals surface area contributed by atoms with E-state index in [0.29, 0.717) is 16.4 Å². The summed E-state index contributed by atoms with van der Waals surface area (Å²) in [5.74, 6) is 1.41. The number of anilines is 1. The highest BCUT2D eigenvalue weighted by atomic mass is 32.2.